The Kier molecular flexibility index (Phi) is 4.58. The molecule has 18 heavy (non-hydrogen) atoms. The topological polar surface area (TPSA) is 46.1 Å². The summed E-state index contributed by atoms with van der Waals surface area (Å²) < 4.78 is 0. The van der Waals surface area contributed by atoms with Gasteiger partial charge in [0.25, 0.3) is 0 Å². The van der Waals surface area contributed by atoms with Crippen molar-refractivity contribution in [3.63, 3.8) is 0 Å². The summed E-state index contributed by atoms with van der Waals surface area (Å²) in [6.45, 7) is 5.92. The summed E-state index contributed by atoms with van der Waals surface area (Å²) in [5.41, 5.74) is 0. The molecular formula is C13H19N3OS. The third-order valence-electron chi connectivity index (χ3n) is 3.14. The average molecular weight is 265 g/mol. The highest BCUT2D eigenvalue weighted by Crippen LogP contribution is 2.23. The zero-order valence-corrected chi connectivity index (χ0v) is 11.7. The third-order valence-corrected chi connectivity index (χ3v) is 4.12. The molecule has 98 valence electrons. The van der Waals surface area contributed by atoms with Crippen molar-refractivity contribution in [3.8, 4) is 0 Å². The number of carbonyl (C=O) groups excluding carboxylic acids is 1. The molecule has 0 aromatic carbocycles. The zero-order valence-electron chi connectivity index (χ0n) is 10.9. The molecule has 2 heterocycles. The first-order chi connectivity index (χ1) is 8.66. The van der Waals surface area contributed by atoms with Crippen molar-refractivity contribution in [2.75, 3.05) is 13.1 Å². The van der Waals surface area contributed by atoms with Gasteiger partial charge in [0.05, 0.1) is 5.25 Å². The van der Waals surface area contributed by atoms with Crippen LogP contribution in [-0.4, -0.2) is 39.1 Å². The second-order valence-corrected chi connectivity index (χ2v) is 6.13. The Morgan fingerprint density at radius 3 is 2.89 bits per heavy atom. The van der Waals surface area contributed by atoms with E-state index in [0.29, 0.717) is 11.1 Å². The van der Waals surface area contributed by atoms with Gasteiger partial charge in [0.15, 0.2) is 5.16 Å². The molecule has 4 nitrogen and oxygen atoms in total. The maximum Gasteiger partial charge on any atom is 0.235 e. The Morgan fingerprint density at radius 2 is 2.22 bits per heavy atom. The van der Waals surface area contributed by atoms with Gasteiger partial charge in [-0.1, -0.05) is 18.7 Å². The van der Waals surface area contributed by atoms with Crippen LogP contribution in [0.4, 0.5) is 0 Å². The molecule has 1 aliphatic rings. The minimum atomic E-state index is -0.113. The zero-order chi connectivity index (χ0) is 13.0. The van der Waals surface area contributed by atoms with E-state index in [1.54, 1.807) is 18.5 Å². The van der Waals surface area contributed by atoms with E-state index in [1.165, 1.54) is 18.2 Å². The SMILES string of the molecule is CC1CCCN(C(=O)C(C)Sc2ncccn2)C1. The molecule has 1 aromatic heterocycles. The molecule has 1 fully saturated rings. The van der Waals surface area contributed by atoms with Crippen LogP contribution in [0.1, 0.15) is 26.7 Å². The summed E-state index contributed by atoms with van der Waals surface area (Å²) in [6, 6.07) is 1.78. The van der Waals surface area contributed by atoms with Crippen LogP contribution in [0.3, 0.4) is 0 Å². The number of thioether (sulfide) groups is 1. The molecule has 1 aliphatic heterocycles. The van der Waals surface area contributed by atoms with Crippen LogP contribution in [0, 0.1) is 5.92 Å². The van der Waals surface area contributed by atoms with Crippen molar-refractivity contribution < 1.29 is 4.79 Å². The van der Waals surface area contributed by atoms with E-state index < -0.39 is 0 Å². The number of likely N-dealkylation sites (tertiary alicyclic amines) is 1. The number of piperidine rings is 1. The molecule has 5 heteroatoms. The number of hydrogen-bond acceptors (Lipinski definition) is 4. The summed E-state index contributed by atoms with van der Waals surface area (Å²) in [7, 11) is 0. The Morgan fingerprint density at radius 1 is 1.50 bits per heavy atom. The average Bonchev–Trinajstić information content (AvgIpc) is 2.39. The van der Waals surface area contributed by atoms with Gasteiger partial charge < -0.3 is 4.90 Å². The highest BCUT2D eigenvalue weighted by Gasteiger charge is 2.25. The smallest absolute Gasteiger partial charge is 0.235 e. The highest BCUT2D eigenvalue weighted by molar-refractivity contribution is 8.00. The lowest BCUT2D eigenvalue weighted by molar-refractivity contribution is -0.131. The van der Waals surface area contributed by atoms with E-state index in [1.807, 2.05) is 11.8 Å². The Balaban J connectivity index is 1.92. The lowest BCUT2D eigenvalue weighted by Gasteiger charge is -2.32. The summed E-state index contributed by atoms with van der Waals surface area (Å²) in [4.78, 5) is 22.6. The molecule has 0 spiro atoms. The molecule has 0 saturated carbocycles. The number of amides is 1. The maximum absolute atomic E-state index is 12.3. The number of nitrogens with zero attached hydrogens (tertiary/aromatic N) is 3. The number of rotatable bonds is 3. The van der Waals surface area contributed by atoms with Crippen LogP contribution < -0.4 is 0 Å². The second kappa shape index (κ2) is 6.18. The fourth-order valence-electron chi connectivity index (χ4n) is 2.20. The third kappa shape index (κ3) is 3.45. The first kappa shape index (κ1) is 13.3. The number of carbonyl (C=O) groups is 1. The molecular weight excluding hydrogens is 246 g/mol. The lowest BCUT2D eigenvalue weighted by atomic mass is 10.0. The quantitative estimate of drug-likeness (QED) is 0.621. The molecule has 0 radical (unpaired) electrons. The number of hydrogen-bond donors (Lipinski definition) is 0. The molecule has 2 rings (SSSR count). The lowest BCUT2D eigenvalue weighted by Crippen LogP contribution is -2.42. The summed E-state index contributed by atoms with van der Waals surface area (Å²) in [5.74, 6) is 0.826. The van der Waals surface area contributed by atoms with Gasteiger partial charge in [-0.15, -0.1) is 0 Å². The molecule has 1 aromatic rings. The predicted molar refractivity (Wildman–Crippen MR) is 72.3 cm³/mol. The van der Waals surface area contributed by atoms with Crippen LogP contribution in [0.2, 0.25) is 0 Å². The number of aromatic nitrogens is 2. The highest BCUT2D eigenvalue weighted by atomic mass is 32.2. The normalized spacial score (nSPS) is 21.7. The summed E-state index contributed by atoms with van der Waals surface area (Å²) in [6.07, 6.45) is 5.75. The van der Waals surface area contributed by atoms with Gasteiger partial charge in [-0.2, -0.15) is 0 Å². The minimum Gasteiger partial charge on any atom is -0.341 e. The van der Waals surface area contributed by atoms with Crippen molar-refractivity contribution in [1.29, 1.82) is 0 Å². The molecule has 1 amide bonds. The first-order valence-electron chi connectivity index (χ1n) is 6.39. The van der Waals surface area contributed by atoms with Crippen LogP contribution in [0.5, 0.6) is 0 Å². The van der Waals surface area contributed by atoms with E-state index in [0.717, 1.165) is 19.5 Å². The molecule has 0 N–H and O–H groups in total. The molecule has 0 aliphatic carbocycles. The Bertz CT molecular complexity index is 398. The maximum atomic E-state index is 12.3. The minimum absolute atomic E-state index is 0.113. The van der Waals surface area contributed by atoms with E-state index in [9.17, 15) is 4.79 Å². The second-order valence-electron chi connectivity index (χ2n) is 4.82. The van der Waals surface area contributed by atoms with Gasteiger partial charge >= 0.3 is 0 Å². The predicted octanol–water partition coefficient (Wildman–Crippen LogP) is 2.22. The van der Waals surface area contributed by atoms with Crippen molar-refractivity contribution in [2.24, 2.45) is 5.92 Å². The van der Waals surface area contributed by atoms with Crippen molar-refractivity contribution in [1.82, 2.24) is 14.9 Å². The first-order valence-corrected chi connectivity index (χ1v) is 7.27. The summed E-state index contributed by atoms with van der Waals surface area (Å²) in [5, 5.41) is 0.557. The van der Waals surface area contributed by atoms with Gasteiger partial charge in [0, 0.05) is 25.5 Å². The van der Waals surface area contributed by atoms with Crippen molar-refractivity contribution in [3.05, 3.63) is 18.5 Å². The Hall–Kier alpha value is -1.10. The van der Waals surface area contributed by atoms with E-state index in [4.69, 9.17) is 0 Å². The van der Waals surface area contributed by atoms with Gasteiger partial charge in [0.1, 0.15) is 0 Å². The Labute approximate surface area is 112 Å². The molecule has 2 atom stereocenters. The molecule has 1 saturated heterocycles. The van der Waals surface area contributed by atoms with Gasteiger partial charge in [-0.25, -0.2) is 9.97 Å². The van der Waals surface area contributed by atoms with Crippen molar-refractivity contribution >= 4 is 17.7 Å². The van der Waals surface area contributed by atoms with Gasteiger partial charge in [-0.3, -0.25) is 4.79 Å². The van der Waals surface area contributed by atoms with Crippen LogP contribution in [0.25, 0.3) is 0 Å². The standard InChI is InChI=1S/C13H19N3OS/c1-10-5-3-8-16(9-10)12(17)11(2)18-13-14-6-4-7-15-13/h4,6-7,10-11H,3,5,8-9H2,1-2H3. The van der Waals surface area contributed by atoms with Crippen LogP contribution in [0.15, 0.2) is 23.6 Å². The van der Waals surface area contributed by atoms with Crippen molar-refractivity contribution in [2.45, 2.75) is 37.1 Å². The molecule has 2 unspecified atom stereocenters. The molecule has 0 bridgehead atoms. The van der Waals surface area contributed by atoms with E-state index in [2.05, 4.69) is 16.9 Å². The van der Waals surface area contributed by atoms with Gasteiger partial charge in [-0.05, 0) is 31.7 Å². The van der Waals surface area contributed by atoms with Crippen LogP contribution in [-0.2, 0) is 4.79 Å². The fraction of sp³-hybridized carbons (Fsp3) is 0.615. The largest absolute Gasteiger partial charge is 0.341 e. The monoisotopic (exact) mass is 265 g/mol. The summed E-state index contributed by atoms with van der Waals surface area (Å²) >= 11 is 1.43. The van der Waals surface area contributed by atoms with E-state index in [-0.39, 0.29) is 11.2 Å². The van der Waals surface area contributed by atoms with E-state index >= 15 is 0 Å². The van der Waals surface area contributed by atoms with Crippen LogP contribution >= 0.6 is 11.8 Å². The van der Waals surface area contributed by atoms with Gasteiger partial charge in [0.2, 0.25) is 5.91 Å². The fourth-order valence-corrected chi connectivity index (χ4v) is 3.01.